The number of anilines is 1. The molecule has 0 saturated heterocycles. The molecule has 0 fully saturated rings. The Balaban J connectivity index is 1.76. The van der Waals surface area contributed by atoms with Gasteiger partial charge in [0.25, 0.3) is 5.91 Å². The van der Waals surface area contributed by atoms with Gasteiger partial charge in [0, 0.05) is 52.5 Å². The molecule has 0 unspecified atom stereocenters. The fraction of sp³-hybridized carbons (Fsp3) is 0.250. The lowest BCUT2D eigenvalue weighted by atomic mass is 10.0. The van der Waals surface area contributed by atoms with Crippen LogP contribution in [0, 0.1) is 0 Å². The normalized spacial score (nSPS) is 14.3. The summed E-state index contributed by atoms with van der Waals surface area (Å²) >= 11 is 0. The van der Waals surface area contributed by atoms with Crippen LogP contribution in [0.2, 0.25) is 0 Å². The summed E-state index contributed by atoms with van der Waals surface area (Å²) in [5.74, 6) is 0.0738. The van der Waals surface area contributed by atoms with E-state index in [-0.39, 0.29) is 16.8 Å². The lowest BCUT2D eigenvalue weighted by molar-refractivity contribution is -0.143. The van der Waals surface area contributed by atoms with Gasteiger partial charge in [0.15, 0.2) is 0 Å². The van der Waals surface area contributed by atoms with E-state index in [2.05, 4.69) is 5.32 Å². The molecule has 1 aromatic heterocycles. The quantitative estimate of drug-likeness (QED) is 0.374. The summed E-state index contributed by atoms with van der Waals surface area (Å²) < 4.78 is 36.0. The van der Waals surface area contributed by atoms with Crippen molar-refractivity contribution in [1.82, 2.24) is 4.57 Å². The third-order valence-electron chi connectivity index (χ3n) is 5.61. The van der Waals surface area contributed by atoms with Gasteiger partial charge in [0.2, 0.25) is 10.0 Å². The summed E-state index contributed by atoms with van der Waals surface area (Å²) in [5, 5.41) is 8.89. The highest BCUT2D eigenvalue weighted by Crippen LogP contribution is 2.36. The first-order valence-corrected chi connectivity index (χ1v) is 12.3. The first-order valence-electron chi connectivity index (χ1n) is 10.7. The SMILES string of the molecule is CCOC(=O)CCCn1cc(/C=C2/C(=O)Nc3ccc(S(N)(=O)=O)cc32)c2cc(OC)ccc21. The van der Waals surface area contributed by atoms with Crippen molar-refractivity contribution >= 4 is 50.1 Å². The highest BCUT2D eigenvalue weighted by molar-refractivity contribution is 7.89. The third-order valence-corrected chi connectivity index (χ3v) is 6.52. The maximum atomic E-state index is 12.7. The molecule has 0 bridgehead atoms. The number of ether oxygens (including phenoxy) is 2. The molecule has 0 saturated carbocycles. The number of aromatic nitrogens is 1. The summed E-state index contributed by atoms with van der Waals surface area (Å²) in [6.07, 6.45) is 4.51. The molecule has 2 aromatic carbocycles. The number of hydrogen-bond donors (Lipinski definition) is 2. The number of nitrogens with two attached hydrogens (primary N) is 1. The Morgan fingerprint density at radius 2 is 2.00 bits per heavy atom. The molecule has 3 aromatic rings. The van der Waals surface area contributed by atoms with E-state index in [1.807, 2.05) is 29.0 Å². The second-order valence-electron chi connectivity index (χ2n) is 7.83. The molecule has 2 heterocycles. The number of carbonyl (C=O) groups excluding carboxylic acids is 2. The van der Waals surface area contributed by atoms with Crippen molar-refractivity contribution in [1.29, 1.82) is 0 Å². The van der Waals surface area contributed by atoms with Crippen LogP contribution in [0.3, 0.4) is 0 Å². The number of benzene rings is 2. The van der Waals surface area contributed by atoms with E-state index in [0.29, 0.717) is 48.6 Å². The fourth-order valence-electron chi connectivity index (χ4n) is 4.00. The van der Waals surface area contributed by atoms with Crippen LogP contribution in [0.4, 0.5) is 5.69 Å². The average molecular weight is 484 g/mol. The van der Waals surface area contributed by atoms with Crippen molar-refractivity contribution < 1.29 is 27.5 Å². The molecule has 0 atom stereocenters. The molecular weight excluding hydrogens is 458 g/mol. The van der Waals surface area contributed by atoms with Gasteiger partial charge in [-0.3, -0.25) is 9.59 Å². The minimum atomic E-state index is -3.92. The smallest absolute Gasteiger partial charge is 0.305 e. The van der Waals surface area contributed by atoms with Crippen LogP contribution >= 0.6 is 0 Å². The van der Waals surface area contributed by atoms with E-state index in [0.717, 1.165) is 16.5 Å². The molecule has 1 aliphatic heterocycles. The minimum absolute atomic E-state index is 0.0725. The molecule has 178 valence electrons. The number of nitrogens with zero attached hydrogens (tertiary/aromatic N) is 1. The van der Waals surface area contributed by atoms with E-state index in [4.69, 9.17) is 14.6 Å². The zero-order valence-electron chi connectivity index (χ0n) is 18.8. The molecular formula is C24H25N3O6S. The molecule has 10 heteroatoms. The van der Waals surface area contributed by atoms with Crippen molar-refractivity contribution in [2.45, 2.75) is 31.2 Å². The number of carbonyl (C=O) groups is 2. The lowest BCUT2D eigenvalue weighted by Crippen LogP contribution is -2.12. The van der Waals surface area contributed by atoms with Crippen molar-refractivity contribution in [3.05, 3.63) is 53.7 Å². The van der Waals surface area contributed by atoms with Crippen LogP contribution in [-0.2, 0) is 30.9 Å². The molecule has 9 nitrogen and oxygen atoms in total. The zero-order chi connectivity index (χ0) is 24.5. The number of amides is 1. The van der Waals surface area contributed by atoms with Gasteiger partial charge in [-0.25, -0.2) is 13.6 Å². The van der Waals surface area contributed by atoms with E-state index < -0.39 is 10.0 Å². The van der Waals surface area contributed by atoms with Crippen LogP contribution < -0.4 is 15.2 Å². The molecule has 34 heavy (non-hydrogen) atoms. The van der Waals surface area contributed by atoms with E-state index in [9.17, 15) is 18.0 Å². The summed E-state index contributed by atoms with van der Waals surface area (Å²) in [6, 6.07) is 9.91. The number of sulfonamides is 1. The van der Waals surface area contributed by atoms with Crippen molar-refractivity contribution in [2.75, 3.05) is 19.0 Å². The molecule has 4 rings (SSSR count). The largest absolute Gasteiger partial charge is 0.497 e. The second-order valence-corrected chi connectivity index (χ2v) is 9.40. The standard InChI is InChI=1S/C24H25N3O6S/c1-3-33-23(28)5-4-10-27-14-15(18-12-16(32-2)6-9-22(18)27)11-20-19-13-17(34(25,30)31)7-8-21(19)26-24(20)29/h6-9,11-14H,3-5,10H2,1-2H3,(H,26,29)(H2,25,30,31)/b20-11+. The number of aryl methyl sites for hydroxylation is 1. The molecule has 1 amide bonds. The van der Waals surface area contributed by atoms with Crippen LogP contribution in [-0.4, -0.2) is 38.6 Å². The van der Waals surface area contributed by atoms with Crippen LogP contribution in [0.5, 0.6) is 5.75 Å². The van der Waals surface area contributed by atoms with Gasteiger partial charge in [-0.05, 0) is 55.8 Å². The number of hydrogen-bond acceptors (Lipinski definition) is 6. The molecule has 0 radical (unpaired) electrons. The van der Waals surface area contributed by atoms with E-state index in [1.165, 1.54) is 18.2 Å². The zero-order valence-corrected chi connectivity index (χ0v) is 19.6. The number of nitrogens with one attached hydrogen (secondary N) is 1. The Morgan fingerprint density at radius 3 is 2.71 bits per heavy atom. The fourth-order valence-corrected chi connectivity index (χ4v) is 4.54. The van der Waals surface area contributed by atoms with Crippen molar-refractivity contribution in [3.8, 4) is 5.75 Å². The van der Waals surface area contributed by atoms with E-state index in [1.54, 1.807) is 20.1 Å². The Morgan fingerprint density at radius 1 is 1.21 bits per heavy atom. The van der Waals surface area contributed by atoms with Gasteiger partial charge in [-0.15, -0.1) is 0 Å². The number of rotatable bonds is 8. The number of primary sulfonamides is 1. The second kappa shape index (κ2) is 9.32. The minimum Gasteiger partial charge on any atom is -0.497 e. The Hall–Kier alpha value is -3.63. The molecule has 0 spiro atoms. The maximum absolute atomic E-state index is 12.7. The third kappa shape index (κ3) is 4.68. The van der Waals surface area contributed by atoms with Crippen molar-refractivity contribution in [3.63, 3.8) is 0 Å². The van der Waals surface area contributed by atoms with Gasteiger partial charge < -0.3 is 19.4 Å². The highest BCUT2D eigenvalue weighted by atomic mass is 32.2. The van der Waals surface area contributed by atoms with E-state index >= 15 is 0 Å². The number of methoxy groups -OCH3 is 1. The summed E-state index contributed by atoms with van der Waals surface area (Å²) in [6.45, 7) is 2.69. The maximum Gasteiger partial charge on any atom is 0.305 e. The van der Waals surface area contributed by atoms with Crippen molar-refractivity contribution in [2.24, 2.45) is 5.14 Å². The molecule has 1 aliphatic rings. The summed E-state index contributed by atoms with van der Waals surface area (Å²) in [5.41, 5.74) is 2.97. The number of fused-ring (bicyclic) bond motifs is 2. The Labute approximate surface area is 197 Å². The monoisotopic (exact) mass is 483 g/mol. The Kier molecular flexibility index (Phi) is 6.45. The molecule has 0 aliphatic carbocycles. The lowest BCUT2D eigenvalue weighted by Gasteiger charge is -2.06. The first kappa shape index (κ1) is 23.5. The van der Waals surface area contributed by atoms with Crippen LogP contribution in [0.25, 0.3) is 22.6 Å². The number of esters is 1. The summed E-state index contributed by atoms with van der Waals surface area (Å²) in [4.78, 5) is 24.4. The van der Waals surface area contributed by atoms with Crippen LogP contribution in [0.1, 0.15) is 30.9 Å². The first-order chi connectivity index (χ1) is 16.2. The van der Waals surface area contributed by atoms with Gasteiger partial charge >= 0.3 is 5.97 Å². The predicted octanol–water partition coefficient (Wildman–Crippen LogP) is 3.13. The highest BCUT2D eigenvalue weighted by Gasteiger charge is 2.26. The Bertz CT molecular complexity index is 1420. The average Bonchev–Trinajstić information content (AvgIpc) is 3.29. The van der Waals surface area contributed by atoms with Gasteiger partial charge in [-0.1, -0.05) is 0 Å². The van der Waals surface area contributed by atoms with Crippen LogP contribution in [0.15, 0.2) is 47.5 Å². The van der Waals surface area contributed by atoms with Gasteiger partial charge in [0.1, 0.15) is 5.75 Å². The van der Waals surface area contributed by atoms with Gasteiger partial charge in [0.05, 0.1) is 18.6 Å². The predicted molar refractivity (Wildman–Crippen MR) is 129 cm³/mol. The summed E-state index contributed by atoms with van der Waals surface area (Å²) in [7, 11) is -2.35. The van der Waals surface area contributed by atoms with Gasteiger partial charge in [-0.2, -0.15) is 0 Å². The topological polar surface area (TPSA) is 130 Å². The molecule has 3 N–H and O–H groups in total.